The summed E-state index contributed by atoms with van der Waals surface area (Å²) in [5, 5.41) is 0. The average molecular weight is 220 g/mol. The van der Waals surface area contributed by atoms with Gasteiger partial charge in [-0.25, -0.2) is 0 Å². The van der Waals surface area contributed by atoms with Gasteiger partial charge in [-0.2, -0.15) is 0 Å². The zero-order valence-corrected chi connectivity index (χ0v) is 10.1. The highest BCUT2D eigenvalue weighted by Gasteiger charge is 2.17. The molecule has 0 aromatic heterocycles. The minimum Gasteiger partial charge on any atom is -0.496 e. The Hall–Kier alpha value is -1.22. The molecular weight excluding hydrogens is 200 g/mol. The van der Waals surface area contributed by atoms with Crippen molar-refractivity contribution in [1.29, 1.82) is 0 Å². The largest absolute Gasteiger partial charge is 0.496 e. The van der Waals surface area contributed by atoms with E-state index in [2.05, 4.69) is 24.0 Å². The predicted molar refractivity (Wildman–Crippen MR) is 67.2 cm³/mol. The molecule has 1 fully saturated rings. The Kier molecular flexibility index (Phi) is 3.34. The highest BCUT2D eigenvalue weighted by molar-refractivity contribution is 5.53. The summed E-state index contributed by atoms with van der Waals surface area (Å²) < 4.78 is 5.27. The first-order valence-electron chi connectivity index (χ1n) is 5.86. The molecule has 3 nitrogen and oxygen atoms in total. The number of nitrogens with zero attached hydrogens (tertiary/aromatic N) is 1. The van der Waals surface area contributed by atoms with Crippen LogP contribution >= 0.6 is 0 Å². The van der Waals surface area contributed by atoms with E-state index >= 15 is 0 Å². The molecule has 1 heterocycles. The van der Waals surface area contributed by atoms with E-state index in [1.807, 2.05) is 6.07 Å². The molecule has 0 radical (unpaired) electrons. The van der Waals surface area contributed by atoms with E-state index in [1.165, 1.54) is 17.7 Å². The Balaban J connectivity index is 2.17. The van der Waals surface area contributed by atoms with E-state index in [0.717, 1.165) is 25.3 Å². The Bertz CT molecular complexity index is 365. The maximum absolute atomic E-state index is 5.99. The third kappa shape index (κ3) is 2.30. The number of hydrogen-bond donors (Lipinski definition) is 1. The van der Waals surface area contributed by atoms with Gasteiger partial charge in [-0.15, -0.1) is 0 Å². The lowest BCUT2D eigenvalue weighted by Gasteiger charge is -2.32. The van der Waals surface area contributed by atoms with Gasteiger partial charge in [0.25, 0.3) is 0 Å². The van der Waals surface area contributed by atoms with Gasteiger partial charge in [-0.3, -0.25) is 0 Å². The van der Waals surface area contributed by atoms with Crippen LogP contribution in [0, 0.1) is 6.92 Å². The minimum atomic E-state index is 0.316. The van der Waals surface area contributed by atoms with Crippen LogP contribution in [0.4, 0.5) is 5.69 Å². The van der Waals surface area contributed by atoms with Crippen molar-refractivity contribution in [3.05, 3.63) is 23.8 Å². The van der Waals surface area contributed by atoms with Gasteiger partial charge in [-0.1, -0.05) is 0 Å². The molecule has 3 heteroatoms. The molecule has 1 atom stereocenters. The monoisotopic (exact) mass is 220 g/mol. The van der Waals surface area contributed by atoms with E-state index < -0.39 is 0 Å². The minimum absolute atomic E-state index is 0.316. The average Bonchev–Trinajstić information content (AvgIpc) is 2.29. The van der Waals surface area contributed by atoms with Crippen molar-refractivity contribution < 1.29 is 4.74 Å². The van der Waals surface area contributed by atoms with Gasteiger partial charge in [-0.05, 0) is 43.5 Å². The predicted octanol–water partition coefficient (Wildman–Crippen LogP) is 1.93. The summed E-state index contributed by atoms with van der Waals surface area (Å²) >= 11 is 0. The standard InChI is InChI=1S/C13H20N2O/c1-10-8-12(5-6-13(10)16-2)15-7-3-4-11(14)9-15/h5-6,8,11H,3-4,7,9,14H2,1-2H3. The summed E-state index contributed by atoms with van der Waals surface area (Å²) in [4.78, 5) is 2.36. The van der Waals surface area contributed by atoms with E-state index in [-0.39, 0.29) is 0 Å². The van der Waals surface area contributed by atoms with E-state index in [1.54, 1.807) is 7.11 Å². The van der Waals surface area contributed by atoms with Gasteiger partial charge >= 0.3 is 0 Å². The summed E-state index contributed by atoms with van der Waals surface area (Å²) in [7, 11) is 1.71. The fourth-order valence-electron chi connectivity index (χ4n) is 2.30. The number of hydrogen-bond acceptors (Lipinski definition) is 3. The molecule has 0 amide bonds. The molecule has 0 spiro atoms. The number of methoxy groups -OCH3 is 1. The molecule has 0 bridgehead atoms. The van der Waals surface area contributed by atoms with Crippen LogP contribution in [-0.4, -0.2) is 26.2 Å². The first kappa shape index (κ1) is 11.3. The van der Waals surface area contributed by atoms with Crippen molar-refractivity contribution in [1.82, 2.24) is 0 Å². The SMILES string of the molecule is COc1ccc(N2CCCC(N)C2)cc1C. The summed E-state index contributed by atoms with van der Waals surface area (Å²) in [6.07, 6.45) is 2.33. The molecule has 1 unspecified atom stereocenters. The molecule has 16 heavy (non-hydrogen) atoms. The quantitative estimate of drug-likeness (QED) is 0.827. The van der Waals surface area contributed by atoms with Crippen LogP contribution < -0.4 is 15.4 Å². The molecule has 0 aliphatic carbocycles. The molecular formula is C13H20N2O. The second-order valence-electron chi connectivity index (χ2n) is 4.50. The molecule has 1 aliphatic heterocycles. The van der Waals surface area contributed by atoms with E-state index in [0.29, 0.717) is 6.04 Å². The third-order valence-corrected chi connectivity index (χ3v) is 3.20. The van der Waals surface area contributed by atoms with Gasteiger partial charge in [0.2, 0.25) is 0 Å². The molecule has 88 valence electrons. The normalized spacial score (nSPS) is 20.9. The molecule has 1 aromatic rings. The second kappa shape index (κ2) is 4.74. The maximum Gasteiger partial charge on any atom is 0.121 e. The summed E-state index contributed by atoms with van der Waals surface area (Å²) in [6, 6.07) is 6.64. The van der Waals surface area contributed by atoms with Gasteiger partial charge in [0.05, 0.1) is 7.11 Å². The molecule has 2 rings (SSSR count). The van der Waals surface area contributed by atoms with Crippen molar-refractivity contribution >= 4 is 5.69 Å². The lowest BCUT2D eigenvalue weighted by atomic mass is 10.1. The van der Waals surface area contributed by atoms with Crippen molar-refractivity contribution in [3.8, 4) is 5.75 Å². The van der Waals surface area contributed by atoms with Crippen LogP contribution in [-0.2, 0) is 0 Å². The third-order valence-electron chi connectivity index (χ3n) is 3.20. The van der Waals surface area contributed by atoms with Crippen LogP contribution in [0.25, 0.3) is 0 Å². The van der Waals surface area contributed by atoms with Crippen LogP contribution in [0.2, 0.25) is 0 Å². The van der Waals surface area contributed by atoms with Gasteiger partial charge in [0, 0.05) is 24.8 Å². The molecule has 0 saturated carbocycles. The van der Waals surface area contributed by atoms with Gasteiger partial charge in [0.1, 0.15) is 5.75 Å². The van der Waals surface area contributed by atoms with Crippen molar-refractivity contribution in [2.45, 2.75) is 25.8 Å². The Morgan fingerprint density at radius 2 is 2.25 bits per heavy atom. The number of nitrogens with two attached hydrogens (primary N) is 1. The van der Waals surface area contributed by atoms with Gasteiger partial charge < -0.3 is 15.4 Å². The van der Waals surface area contributed by atoms with E-state index in [4.69, 9.17) is 10.5 Å². The molecule has 1 aliphatic rings. The number of benzene rings is 1. The van der Waals surface area contributed by atoms with Gasteiger partial charge in [0.15, 0.2) is 0 Å². The summed E-state index contributed by atoms with van der Waals surface area (Å²) in [5.74, 6) is 0.949. The summed E-state index contributed by atoms with van der Waals surface area (Å²) in [6.45, 7) is 4.15. The fourth-order valence-corrected chi connectivity index (χ4v) is 2.30. The maximum atomic E-state index is 5.99. The molecule has 1 saturated heterocycles. The Morgan fingerprint density at radius 3 is 2.88 bits per heavy atom. The number of ether oxygens (including phenoxy) is 1. The zero-order valence-electron chi connectivity index (χ0n) is 10.1. The van der Waals surface area contributed by atoms with Crippen LogP contribution in [0.15, 0.2) is 18.2 Å². The number of anilines is 1. The first-order valence-corrected chi connectivity index (χ1v) is 5.86. The van der Waals surface area contributed by atoms with E-state index in [9.17, 15) is 0 Å². The fraction of sp³-hybridized carbons (Fsp3) is 0.538. The smallest absolute Gasteiger partial charge is 0.121 e. The molecule has 1 aromatic carbocycles. The Labute approximate surface area is 97.2 Å². The number of aryl methyl sites for hydroxylation is 1. The van der Waals surface area contributed by atoms with Crippen LogP contribution in [0.5, 0.6) is 5.75 Å². The van der Waals surface area contributed by atoms with Crippen molar-refractivity contribution in [2.75, 3.05) is 25.1 Å². The lowest BCUT2D eigenvalue weighted by molar-refractivity contribution is 0.411. The topological polar surface area (TPSA) is 38.5 Å². The number of piperidine rings is 1. The summed E-state index contributed by atoms with van der Waals surface area (Å²) in [5.41, 5.74) is 8.43. The Morgan fingerprint density at radius 1 is 1.44 bits per heavy atom. The van der Waals surface area contributed by atoms with Crippen molar-refractivity contribution in [3.63, 3.8) is 0 Å². The number of rotatable bonds is 2. The lowest BCUT2D eigenvalue weighted by Crippen LogP contribution is -2.42. The van der Waals surface area contributed by atoms with Crippen LogP contribution in [0.3, 0.4) is 0 Å². The van der Waals surface area contributed by atoms with Crippen LogP contribution in [0.1, 0.15) is 18.4 Å². The molecule has 2 N–H and O–H groups in total. The second-order valence-corrected chi connectivity index (χ2v) is 4.50. The highest BCUT2D eigenvalue weighted by atomic mass is 16.5. The highest BCUT2D eigenvalue weighted by Crippen LogP contribution is 2.25. The first-order chi connectivity index (χ1) is 7.70. The van der Waals surface area contributed by atoms with Crippen molar-refractivity contribution in [2.24, 2.45) is 5.73 Å². The zero-order chi connectivity index (χ0) is 11.5.